The van der Waals surface area contributed by atoms with Crippen LogP contribution >= 0.6 is 0 Å². The van der Waals surface area contributed by atoms with Crippen molar-refractivity contribution in [1.29, 1.82) is 0 Å². The molecule has 0 atom stereocenters. The summed E-state index contributed by atoms with van der Waals surface area (Å²) in [5, 5.41) is 10.0. The number of rotatable bonds is 5. The van der Waals surface area contributed by atoms with E-state index in [0.717, 1.165) is 17.9 Å². The van der Waals surface area contributed by atoms with Crippen LogP contribution in [0.2, 0.25) is 0 Å². The molecule has 2 aliphatic rings. The summed E-state index contributed by atoms with van der Waals surface area (Å²) in [4.78, 5) is 30.9. The number of carbonyl (C=O) groups excluding carboxylic acids is 2. The van der Waals surface area contributed by atoms with Crippen molar-refractivity contribution >= 4 is 23.2 Å². The Bertz CT molecular complexity index is 929. The highest BCUT2D eigenvalue weighted by molar-refractivity contribution is 5.95. The van der Waals surface area contributed by atoms with Crippen LogP contribution < -0.4 is 4.90 Å². The molecule has 2 fully saturated rings. The van der Waals surface area contributed by atoms with Gasteiger partial charge in [0.2, 0.25) is 0 Å². The largest absolute Gasteiger partial charge is 0.380 e. The van der Waals surface area contributed by atoms with Gasteiger partial charge in [0.05, 0.1) is 0 Å². The number of aliphatic hydroxyl groups is 1. The minimum atomic E-state index is -1.13. The molecule has 1 aliphatic carbocycles. The lowest BCUT2D eigenvalue weighted by atomic mass is 10.1. The fourth-order valence-corrected chi connectivity index (χ4v) is 4.06. The summed E-state index contributed by atoms with van der Waals surface area (Å²) >= 11 is 0. The molecule has 1 N–H and O–H groups in total. The van der Waals surface area contributed by atoms with Crippen LogP contribution in [0.3, 0.4) is 0 Å². The van der Waals surface area contributed by atoms with Crippen LogP contribution in [-0.4, -0.2) is 65.0 Å². The average molecular weight is 408 g/mol. The normalized spacial score (nSPS) is 17.6. The average Bonchev–Trinajstić information content (AvgIpc) is 3.54. The molecule has 2 amide bonds. The van der Waals surface area contributed by atoms with Gasteiger partial charge in [-0.15, -0.1) is 0 Å². The number of hydrogen-bond acceptors (Lipinski definition) is 4. The van der Waals surface area contributed by atoms with E-state index >= 15 is 0 Å². The van der Waals surface area contributed by atoms with E-state index in [-0.39, 0.29) is 11.8 Å². The second-order valence-corrected chi connectivity index (χ2v) is 8.19. The molecule has 0 aromatic heterocycles. The maximum absolute atomic E-state index is 12.9. The lowest BCUT2D eigenvalue weighted by Crippen LogP contribution is -2.53. The Morgan fingerprint density at radius 2 is 1.57 bits per heavy atom. The zero-order valence-electron chi connectivity index (χ0n) is 17.7. The summed E-state index contributed by atoms with van der Waals surface area (Å²) < 4.78 is 0. The van der Waals surface area contributed by atoms with Crippen LogP contribution in [0.15, 0.2) is 48.5 Å². The van der Waals surface area contributed by atoms with E-state index in [4.69, 9.17) is 0 Å². The lowest BCUT2D eigenvalue weighted by Gasteiger charge is -2.35. The Kier molecular flexibility index (Phi) is 5.52. The number of piperazine rings is 1. The molecule has 0 spiro atoms. The first kappa shape index (κ1) is 20.4. The van der Waals surface area contributed by atoms with Crippen molar-refractivity contribution in [2.75, 3.05) is 37.6 Å². The molecule has 0 unspecified atom stereocenters. The highest BCUT2D eigenvalue weighted by Crippen LogP contribution is 2.37. The lowest BCUT2D eigenvalue weighted by molar-refractivity contribution is -0.143. The molecule has 158 valence electrons. The third-order valence-electron chi connectivity index (χ3n) is 6.12. The van der Waals surface area contributed by atoms with Gasteiger partial charge in [0.15, 0.2) is 0 Å². The Morgan fingerprint density at radius 3 is 2.13 bits per heavy atom. The zero-order chi connectivity index (χ0) is 21.3. The first-order chi connectivity index (χ1) is 14.4. The molecule has 0 bridgehead atoms. The third kappa shape index (κ3) is 3.92. The van der Waals surface area contributed by atoms with Gasteiger partial charge in [-0.25, -0.2) is 0 Å². The van der Waals surface area contributed by atoms with Crippen LogP contribution in [0.4, 0.5) is 11.4 Å². The Labute approximate surface area is 177 Å². The molecule has 6 nitrogen and oxygen atoms in total. The van der Waals surface area contributed by atoms with Crippen molar-refractivity contribution in [3.8, 4) is 0 Å². The maximum Gasteiger partial charge on any atom is 0.254 e. The van der Waals surface area contributed by atoms with Crippen molar-refractivity contribution in [3.05, 3.63) is 59.7 Å². The summed E-state index contributed by atoms with van der Waals surface area (Å²) in [5.74, 6) is -0.201. The van der Waals surface area contributed by atoms with Crippen molar-refractivity contribution in [1.82, 2.24) is 9.80 Å². The van der Waals surface area contributed by atoms with Crippen LogP contribution in [0.1, 0.15) is 35.7 Å². The second-order valence-electron chi connectivity index (χ2n) is 8.19. The molecule has 1 saturated carbocycles. The molecule has 1 saturated heterocycles. The number of benzene rings is 2. The van der Waals surface area contributed by atoms with Crippen molar-refractivity contribution in [2.24, 2.45) is 0 Å². The molecule has 30 heavy (non-hydrogen) atoms. The minimum absolute atomic E-state index is 0.0160. The van der Waals surface area contributed by atoms with E-state index in [1.807, 2.05) is 36.4 Å². The predicted octanol–water partition coefficient (Wildman–Crippen LogP) is 2.96. The molecule has 0 radical (unpaired) electrons. The van der Waals surface area contributed by atoms with E-state index < -0.39 is 5.60 Å². The fraction of sp³-hybridized carbons (Fsp3) is 0.417. The van der Waals surface area contributed by atoms with Crippen molar-refractivity contribution in [3.63, 3.8) is 0 Å². The van der Waals surface area contributed by atoms with E-state index in [2.05, 4.69) is 30.9 Å². The minimum Gasteiger partial charge on any atom is -0.380 e. The summed E-state index contributed by atoms with van der Waals surface area (Å²) in [5.41, 5.74) is 2.95. The molecule has 2 aromatic rings. The highest BCUT2D eigenvalue weighted by Gasteiger charge is 2.50. The third-order valence-corrected chi connectivity index (χ3v) is 6.12. The standard InChI is InChI=1S/C24H29N3O3/c1-3-27(21-7-5-4-6-18(21)2)20-10-8-19(9-11-20)22(28)25-14-16-26(17-15-25)23(29)24(30)12-13-24/h4-11,30H,3,12-17H2,1-2H3. The number of aryl methyl sites for hydroxylation is 1. The van der Waals surface area contributed by atoms with E-state index in [1.54, 1.807) is 9.80 Å². The number of amides is 2. The SMILES string of the molecule is CCN(c1ccc(C(=O)N2CCN(C(=O)C3(O)CC3)CC2)cc1)c1ccccc1C. The van der Waals surface area contributed by atoms with Crippen LogP contribution in [0, 0.1) is 6.92 Å². The summed E-state index contributed by atoms with van der Waals surface area (Å²) in [6.45, 7) is 6.98. The summed E-state index contributed by atoms with van der Waals surface area (Å²) in [6, 6.07) is 16.0. The smallest absolute Gasteiger partial charge is 0.254 e. The first-order valence-electron chi connectivity index (χ1n) is 10.7. The number of para-hydroxylation sites is 1. The molecule has 1 heterocycles. The molecule has 6 heteroatoms. The molecule has 4 rings (SSSR count). The highest BCUT2D eigenvalue weighted by atomic mass is 16.3. The Hall–Kier alpha value is -2.86. The first-order valence-corrected chi connectivity index (χ1v) is 10.7. The zero-order valence-corrected chi connectivity index (χ0v) is 17.7. The summed E-state index contributed by atoms with van der Waals surface area (Å²) in [7, 11) is 0. The van der Waals surface area contributed by atoms with Crippen LogP contribution in [0.5, 0.6) is 0 Å². The van der Waals surface area contributed by atoms with Crippen LogP contribution in [0.25, 0.3) is 0 Å². The fourth-order valence-electron chi connectivity index (χ4n) is 4.06. The Balaban J connectivity index is 1.41. The Morgan fingerprint density at radius 1 is 0.967 bits per heavy atom. The van der Waals surface area contributed by atoms with Gasteiger partial charge in [0.1, 0.15) is 5.60 Å². The predicted molar refractivity (Wildman–Crippen MR) is 117 cm³/mol. The number of nitrogens with zero attached hydrogens (tertiary/aromatic N) is 3. The van der Waals surface area contributed by atoms with Gasteiger partial charge in [-0.2, -0.15) is 0 Å². The second kappa shape index (κ2) is 8.11. The monoisotopic (exact) mass is 407 g/mol. The van der Waals surface area contributed by atoms with E-state index in [0.29, 0.717) is 44.6 Å². The van der Waals surface area contributed by atoms with Crippen LogP contribution in [-0.2, 0) is 4.79 Å². The molecular weight excluding hydrogens is 378 g/mol. The number of carbonyl (C=O) groups is 2. The van der Waals surface area contributed by atoms with Gasteiger partial charge in [-0.05, 0) is 62.6 Å². The van der Waals surface area contributed by atoms with E-state index in [9.17, 15) is 14.7 Å². The number of hydrogen-bond donors (Lipinski definition) is 1. The maximum atomic E-state index is 12.9. The van der Waals surface area contributed by atoms with Gasteiger partial charge < -0.3 is 19.8 Å². The molecule has 2 aromatic carbocycles. The number of anilines is 2. The summed E-state index contributed by atoms with van der Waals surface area (Å²) in [6.07, 6.45) is 1.10. The van der Waals surface area contributed by atoms with Crippen molar-refractivity contribution in [2.45, 2.75) is 32.3 Å². The van der Waals surface area contributed by atoms with Gasteiger partial charge >= 0.3 is 0 Å². The molecule has 1 aliphatic heterocycles. The van der Waals surface area contributed by atoms with E-state index in [1.165, 1.54) is 5.56 Å². The molecular formula is C24H29N3O3. The van der Waals surface area contributed by atoms with Gasteiger partial charge in [-0.1, -0.05) is 18.2 Å². The van der Waals surface area contributed by atoms with Gasteiger partial charge in [-0.3, -0.25) is 9.59 Å². The van der Waals surface area contributed by atoms with Crippen molar-refractivity contribution < 1.29 is 14.7 Å². The quantitative estimate of drug-likeness (QED) is 0.828. The topological polar surface area (TPSA) is 64.1 Å². The van der Waals surface area contributed by atoms with Gasteiger partial charge in [0.25, 0.3) is 11.8 Å². The van der Waals surface area contributed by atoms with Gasteiger partial charge in [0, 0.05) is 49.7 Å².